The number of carbonyl (C=O) groups excluding carboxylic acids is 1. The van der Waals surface area contributed by atoms with Crippen LogP contribution in [0.1, 0.15) is 85.5 Å². The molecular weight excluding hydrogens is 382 g/mol. The van der Waals surface area contributed by atoms with Gasteiger partial charge in [0.2, 0.25) is 0 Å². The summed E-state index contributed by atoms with van der Waals surface area (Å²) < 4.78 is 0. The smallest absolute Gasteiger partial charge is 0.136 e. The molecule has 174 valence electrons. The maximum Gasteiger partial charge on any atom is 0.136 e. The number of rotatable bonds is 0. The average molecular weight is 428 g/mol. The first-order chi connectivity index (χ1) is 14.7. The van der Waals surface area contributed by atoms with E-state index in [1.54, 1.807) is 0 Å². The maximum absolute atomic E-state index is 13.4. The zero-order valence-corrected chi connectivity index (χ0v) is 20.4. The van der Waals surface area contributed by atoms with Gasteiger partial charge in [-0.25, -0.2) is 0 Å². The van der Waals surface area contributed by atoms with E-state index in [1.165, 1.54) is 58.0 Å². The number of hydrogen-bond donors (Lipinski definition) is 1. The lowest BCUT2D eigenvalue weighted by atomic mass is 9.51. The first-order valence-corrected chi connectivity index (χ1v) is 13.7. The molecule has 12 atom stereocenters. The molecule has 2 saturated heterocycles. The lowest BCUT2D eigenvalue weighted by Crippen LogP contribution is -2.67. The van der Waals surface area contributed by atoms with Crippen LogP contribution in [0.15, 0.2) is 0 Å². The van der Waals surface area contributed by atoms with Crippen LogP contribution < -0.4 is 0 Å². The summed E-state index contributed by atoms with van der Waals surface area (Å²) in [5.74, 6) is 6.39. The van der Waals surface area contributed by atoms with Gasteiger partial charge in [-0.3, -0.25) is 9.69 Å². The van der Waals surface area contributed by atoms with Crippen molar-refractivity contribution in [2.24, 2.45) is 58.7 Å². The van der Waals surface area contributed by atoms with Crippen molar-refractivity contribution in [3.8, 4) is 0 Å². The van der Waals surface area contributed by atoms with Crippen molar-refractivity contribution < 1.29 is 9.90 Å². The van der Waals surface area contributed by atoms with Gasteiger partial charge in [-0.05, 0) is 105 Å². The van der Waals surface area contributed by atoms with Gasteiger partial charge in [0, 0.05) is 31.5 Å². The molecule has 4 aliphatic carbocycles. The topological polar surface area (TPSA) is 40.5 Å². The Labute approximate surface area is 189 Å². The predicted molar refractivity (Wildman–Crippen MR) is 123 cm³/mol. The number of nitrogens with zero attached hydrogens (tertiary/aromatic N) is 1. The quantitative estimate of drug-likeness (QED) is 0.580. The average Bonchev–Trinajstić information content (AvgIpc) is 3.09. The third-order valence-corrected chi connectivity index (χ3v) is 12.1. The fourth-order valence-corrected chi connectivity index (χ4v) is 10.6. The van der Waals surface area contributed by atoms with Crippen molar-refractivity contribution in [1.82, 2.24) is 4.90 Å². The van der Waals surface area contributed by atoms with E-state index in [1.807, 2.05) is 0 Å². The third-order valence-electron chi connectivity index (χ3n) is 12.1. The normalized spacial score (nSPS) is 59.2. The highest BCUT2D eigenvalue weighted by atomic mass is 16.3. The van der Waals surface area contributed by atoms with E-state index in [0.29, 0.717) is 35.5 Å². The Morgan fingerprint density at radius 2 is 1.65 bits per heavy atom. The van der Waals surface area contributed by atoms with Crippen LogP contribution in [0.5, 0.6) is 0 Å². The van der Waals surface area contributed by atoms with E-state index >= 15 is 0 Å². The molecule has 3 heteroatoms. The molecular formula is C28H45NO2. The minimum Gasteiger partial charge on any atom is -0.388 e. The number of Topliss-reactive ketones (excluding diaryl/α,β-unsaturated/α-hetero) is 1. The second kappa shape index (κ2) is 7.05. The zero-order valence-electron chi connectivity index (χ0n) is 20.4. The van der Waals surface area contributed by atoms with E-state index in [4.69, 9.17) is 0 Å². The number of carbonyl (C=O) groups is 1. The van der Waals surface area contributed by atoms with Crippen LogP contribution in [0.4, 0.5) is 0 Å². The summed E-state index contributed by atoms with van der Waals surface area (Å²) in [7, 11) is 0. The fourth-order valence-electron chi connectivity index (χ4n) is 10.6. The lowest BCUT2D eigenvalue weighted by Gasteiger charge is -2.59. The van der Waals surface area contributed by atoms with Crippen molar-refractivity contribution in [1.29, 1.82) is 0 Å². The molecule has 6 aliphatic rings. The third kappa shape index (κ3) is 2.94. The zero-order chi connectivity index (χ0) is 21.7. The van der Waals surface area contributed by atoms with Gasteiger partial charge >= 0.3 is 0 Å². The minimum atomic E-state index is -0.537. The first kappa shape index (κ1) is 21.1. The Morgan fingerprint density at radius 1 is 0.839 bits per heavy atom. The Morgan fingerprint density at radius 3 is 2.45 bits per heavy atom. The highest BCUT2D eigenvalue weighted by Crippen LogP contribution is 2.67. The fraction of sp³-hybridized carbons (Fsp3) is 0.964. The van der Waals surface area contributed by atoms with Crippen LogP contribution in [-0.4, -0.2) is 40.5 Å². The van der Waals surface area contributed by atoms with Crippen molar-refractivity contribution in [2.45, 2.75) is 97.1 Å². The molecule has 0 aromatic rings. The Hall–Kier alpha value is -0.410. The van der Waals surface area contributed by atoms with Crippen molar-refractivity contribution in [3.63, 3.8) is 0 Å². The molecule has 0 bridgehead atoms. The van der Waals surface area contributed by atoms with Crippen LogP contribution in [0, 0.1) is 58.7 Å². The molecule has 0 unspecified atom stereocenters. The molecule has 2 heterocycles. The summed E-state index contributed by atoms with van der Waals surface area (Å²) in [5, 5.41) is 11.8. The second-order valence-corrected chi connectivity index (χ2v) is 13.7. The SMILES string of the molecule is C[C@H]1CC[C@@]2(C)[C@H](C1)C(=O)C[C@H]1[C@H]3CC[C@@H]4[C@H](CN5C[C@@H](C)CC[C@H]5[C@@]4(C)O)[C@@H]3C[C@H]12. The van der Waals surface area contributed by atoms with E-state index in [-0.39, 0.29) is 5.41 Å². The summed E-state index contributed by atoms with van der Waals surface area (Å²) in [4.78, 5) is 16.1. The Balaban J connectivity index is 1.31. The molecule has 6 rings (SSSR count). The number of fused-ring (bicyclic) bond motifs is 8. The van der Waals surface area contributed by atoms with E-state index < -0.39 is 5.60 Å². The van der Waals surface area contributed by atoms with Gasteiger partial charge in [-0.1, -0.05) is 27.2 Å². The van der Waals surface area contributed by atoms with Crippen LogP contribution >= 0.6 is 0 Å². The maximum atomic E-state index is 13.4. The first-order valence-electron chi connectivity index (χ1n) is 13.7. The minimum absolute atomic E-state index is 0.249. The molecule has 31 heavy (non-hydrogen) atoms. The molecule has 0 aromatic carbocycles. The van der Waals surface area contributed by atoms with E-state index in [0.717, 1.165) is 42.4 Å². The van der Waals surface area contributed by atoms with E-state index in [9.17, 15) is 9.90 Å². The highest BCUT2D eigenvalue weighted by Gasteiger charge is 2.64. The molecule has 1 N–H and O–H groups in total. The highest BCUT2D eigenvalue weighted by molar-refractivity contribution is 5.83. The van der Waals surface area contributed by atoms with Crippen LogP contribution in [0.3, 0.4) is 0 Å². The van der Waals surface area contributed by atoms with E-state index in [2.05, 4.69) is 32.6 Å². The molecule has 3 nitrogen and oxygen atoms in total. The second-order valence-electron chi connectivity index (χ2n) is 13.7. The number of hydrogen-bond acceptors (Lipinski definition) is 3. The van der Waals surface area contributed by atoms with Gasteiger partial charge in [0.15, 0.2) is 0 Å². The van der Waals surface area contributed by atoms with Gasteiger partial charge in [0.1, 0.15) is 5.78 Å². The molecule has 4 saturated carbocycles. The molecule has 6 fully saturated rings. The summed E-state index contributed by atoms with van der Waals surface area (Å²) in [6.07, 6.45) is 10.8. The standard InChI is InChI=1S/C28H45NO2/c1-16-9-10-27(3)23-12-19-18(20(23)13-25(30)24(27)11-16)6-7-22-21(19)15-29-14-17(2)5-8-26(29)28(22,4)31/h16-24,26,31H,5-15H2,1-4H3/t16-,17-,18-,19+,20-,21+,22+,23+,24+,26-,27+,28-/m0/s1. The Bertz CT molecular complexity index is 747. The Kier molecular flexibility index (Phi) is 4.81. The number of ketones is 1. The molecule has 0 amide bonds. The predicted octanol–water partition coefficient (Wildman–Crippen LogP) is 5.16. The van der Waals surface area contributed by atoms with Crippen molar-refractivity contribution >= 4 is 5.78 Å². The van der Waals surface area contributed by atoms with Crippen molar-refractivity contribution in [2.75, 3.05) is 13.1 Å². The van der Waals surface area contributed by atoms with Crippen LogP contribution in [0.25, 0.3) is 0 Å². The number of aliphatic hydroxyl groups is 1. The molecule has 2 aliphatic heterocycles. The van der Waals surface area contributed by atoms with Gasteiger partial charge < -0.3 is 5.11 Å². The lowest BCUT2D eigenvalue weighted by molar-refractivity contribution is -0.175. The summed E-state index contributed by atoms with van der Waals surface area (Å²) in [6.45, 7) is 11.8. The van der Waals surface area contributed by atoms with Gasteiger partial charge in [-0.15, -0.1) is 0 Å². The summed E-state index contributed by atoms with van der Waals surface area (Å²) >= 11 is 0. The van der Waals surface area contributed by atoms with Crippen LogP contribution in [-0.2, 0) is 4.79 Å². The van der Waals surface area contributed by atoms with Gasteiger partial charge in [-0.2, -0.15) is 0 Å². The van der Waals surface area contributed by atoms with Crippen molar-refractivity contribution in [3.05, 3.63) is 0 Å². The van der Waals surface area contributed by atoms with Gasteiger partial charge in [0.05, 0.1) is 5.60 Å². The summed E-state index contributed by atoms with van der Waals surface area (Å²) in [5.41, 5.74) is -0.289. The molecule has 0 radical (unpaired) electrons. The van der Waals surface area contributed by atoms with Crippen LogP contribution in [0.2, 0.25) is 0 Å². The monoisotopic (exact) mass is 427 g/mol. The summed E-state index contributed by atoms with van der Waals surface area (Å²) in [6, 6.07) is 0.369. The largest absolute Gasteiger partial charge is 0.388 e. The molecule has 0 spiro atoms. The molecule has 0 aromatic heterocycles. The number of piperidine rings is 2. The van der Waals surface area contributed by atoms with Gasteiger partial charge in [0.25, 0.3) is 0 Å².